The predicted octanol–water partition coefficient (Wildman–Crippen LogP) is 5.59. The van der Waals surface area contributed by atoms with E-state index in [-0.39, 0.29) is 0 Å². The summed E-state index contributed by atoms with van der Waals surface area (Å²) in [6.07, 6.45) is 8.32. The van der Waals surface area contributed by atoms with E-state index in [1.165, 1.54) is 44.1 Å². The number of rotatable bonds is 2. The molecule has 0 heteroatoms. The van der Waals surface area contributed by atoms with Gasteiger partial charge in [0, 0.05) is 0 Å². The molecule has 0 spiro atoms. The zero-order valence-electron chi connectivity index (χ0n) is 11.0. The molecule has 14 heavy (non-hydrogen) atoms. The van der Waals surface area contributed by atoms with E-state index in [2.05, 4.69) is 13.5 Å². The molecule has 0 saturated heterocycles. The predicted molar refractivity (Wildman–Crippen MR) is 68.7 cm³/mol. The molecular weight excluding hydrogens is 168 g/mol. The molecule has 0 radical (unpaired) electrons. The van der Waals surface area contributed by atoms with Gasteiger partial charge in [-0.3, -0.25) is 0 Å². The van der Waals surface area contributed by atoms with Crippen molar-refractivity contribution in [2.45, 2.75) is 73.1 Å². The minimum absolute atomic E-state index is 0.874. The van der Waals surface area contributed by atoms with E-state index in [1.807, 2.05) is 27.7 Å². The molecule has 0 atom stereocenters. The Hall–Kier alpha value is -0.260. The number of allylic oxidation sites excluding steroid dienone is 1. The zero-order chi connectivity index (χ0) is 11.4. The molecule has 0 heterocycles. The van der Waals surface area contributed by atoms with Crippen LogP contribution in [-0.4, -0.2) is 0 Å². The van der Waals surface area contributed by atoms with Crippen LogP contribution in [0.4, 0.5) is 0 Å². The Balaban J connectivity index is 0. The van der Waals surface area contributed by atoms with E-state index in [0.29, 0.717) is 0 Å². The van der Waals surface area contributed by atoms with E-state index < -0.39 is 0 Å². The van der Waals surface area contributed by atoms with Crippen LogP contribution in [0.3, 0.4) is 0 Å². The first-order chi connectivity index (χ1) is 6.84. The SMILES string of the molecule is C=C(CC)C1CCCCC1.CC.CC. The summed E-state index contributed by atoms with van der Waals surface area (Å²) in [7, 11) is 0. The van der Waals surface area contributed by atoms with Crippen LogP contribution < -0.4 is 0 Å². The third kappa shape index (κ3) is 7.17. The van der Waals surface area contributed by atoms with Gasteiger partial charge in [0.15, 0.2) is 0 Å². The van der Waals surface area contributed by atoms with Gasteiger partial charge in [-0.15, -0.1) is 0 Å². The van der Waals surface area contributed by atoms with Crippen molar-refractivity contribution >= 4 is 0 Å². The number of hydrogen-bond donors (Lipinski definition) is 0. The summed E-state index contributed by atoms with van der Waals surface area (Å²) in [4.78, 5) is 0. The second-order valence-corrected chi connectivity index (χ2v) is 3.35. The molecule has 1 rings (SSSR count). The van der Waals surface area contributed by atoms with Crippen LogP contribution in [0.1, 0.15) is 73.1 Å². The smallest absolute Gasteiger partial charge is 0.0206 e. The van der Waals surface area contributed by atoms with Gasteiger partial charge in [-0.05, 0) is 25.2 Å². The molecule has 0 aromatic heterocycles. The molecule has 0 aliphatic heterocycles. The van der Waals surface area contributed by atoms with Crippen LogP contribution in [0.5, 0.6) is 0 Å². The summed E-state index contributed by atoms with van der Waals surface area (Å²) in [5, 5.41) is 0. The van der Waals surface area contributed by atoms with Crippen molar-refractivity contribution in [2.75, 3.05) is 0 Å². The lowest BCUT2D eigenvalue weighted by atomic mass is 9.83. The Bertz CT molecular complexity index is 107. The molecule has 0 unspecified atom stereocenters. The van der Waals surface area contributed by atoms with Crippen LogP contribution in [0.15, 0.2) is 12.2 Å². The molecule has 0 amide bonds. The van der Waals surface area contributed by atoms with Gasteiger partial charge in [0.25, 0.3) is 0 Å². The Labute approximate surface area is 91.8 Å². The van der Waals surface area contributed by atoms with Gasteiger partial charge in [-0.1, -0.05) is 66.0 Å². The van der Waals surface area contributed by atoms with Crippen molar-refractivity contribution in [3.8, 4) is 0 Å². The van der Waals surface area contributed by atoms with Gasteiger partial charge in [0.2, 0.25) is 0 Å². The van der Waals surface area contributed by atoms with Crippen LogP contribution in [-0.2, 0) is 0 Å². The van der Waals surface area contributed by atoms with Crippen LogP contribution in [0, 0.1) is 5.92 Å². The lowest BCUT2D eigenvalue weighted by molar-refractivity contribution is 0.398. The Morgan fingerprint density at radius 2 is 1.43 bits per heavy atom. The molecule has 86 valence electrons. The molecule has 1 aliphatic carbocycles. The monoisotopic (exact) mass is 198 g/mol. The molecule has 0 aromatic rings. The van der Waals surface area contributed by atoms with Crippen molar-refractivity contribution in [3.05, 3.63) is 12.2 Å². The summed E-state index contributed by atoms with van der Waals surface area (Å²) < 4.78 is 0. The highest BCUT2D eigenvalue weighted by molar-refractivity contribution is 5.00. The zero-order valence-corrected chi connectivity index (χ0v) is 11.0. The van der Waals surface area contributed by atoms with Gasteiger partial charge >= 0.3 is 0 Å². The third-order valence-corrected chi connectivity index (χ3v) is 2.64. The summed E-state index contributed by atoms with van der Waals surface area (Å²) in [6.45, 7) is 14.3. The van der Waals surface area contributed by atoms with E-state index >= 15 is 0 Å². The maximum absolute atomic E-state index is 4.10. The van der Waals surface area contributed by atoms with Crippen LogP contribution >= 0.6 is 0 Å². The molecule has 0 bridgehead atoms. The Morgan fingerprint density at radius 3 is 1.79 bits per heavy atom. The van der Waals surface area contributed by atoms with Crippen molar-refractivity contribution in [1.29, 1.82) is 0 Å². The highest BCUT2D eigenvalue weighted by Crippen LogP contribution is 2.29. The van der Waals surface area contributed by atoms with Gasteiger partial charge < -0.3 is 0 Å². The minimum atomic E-state index is 0.874. The quantitative estimate of drug-likeness (QED) is 0.508. The van der Waals surface area contributed by atoms with E-state index in [9.17, 15) is 0 Å². The first-order valence-corrected chi connectivity index (χ1v) is 6.52. The van der Waals surface area contributed by atoms with Crippen molar-refractivity contribution in [3.63, 3.8) is 0 Å². The average Bonchev–Trinajstić information content (AvgIpc) is 2.34. The molecule has 0 aromatic carbocycles. The maximum atomic E-state index is 4.10. The fraction of sp³-hybridized carbons (Fsp3) is 0.857. The summed E-state index contributed by atoms with van der Waals surface area (Å²) >= 11 is 0. The second-order valence-electron chi connectivity index (χ2n) is 3.35. The largest absolute Gasteiger partial charge is 0.0996 e. The molecular formula is C14H30. The Kier molecular flexibility index (Phi) is 14.7. The third-order valence-electron chi connectivity index (χ3n) is 2.64. The summed E-state index contributed by atoms with van der Waals surface area (Å²) in [6, 6.07) is 0. The molecule has 1 aliphatic rings. The number of hydrogen-bond acceptors (Lipinski definition) is 0. The van der Waals surface area contributed by atoms with Crippen LogP contribution in [0.2, 0.25) is 0 Å². The minimum Gasteiger partial charge on any atom is -0.0996 e. The first kappa shape index (κ1) is 16.2. The maximum Gasteiger partial charge on any atom is -0.0206 e. The van der Waals surface area contributed by atoms with Gasteiger partial charge in [-0.25, -0.2) is 0 Å². The van der Waals surface area contributed by atoms with E-state index in [4.69, 9.17) is 0 Å². The van der Waals surface area contributed by atoms with Gasteiger partial charge in [0.05, 0.1) is 0 Å². The van der Waals surface area contributed by atoms with Crippen molar-refractivity contribution in [2.24, 2.45) is 5.92 Å². The average molecular weight is 198 g/mol. The van der Waals surface area contributed by atoms with Crippen molar-refractivity contribution in [1.82, 2.24) is 0 Å². The molecule has 1 saturated carbocycles. The lowest BCUT2D eigenvalue weighted by Crippen LogP contribution is -2.07. The molecule has 0 N–H and O–H groups in total. The van der Waals surface area contributed by atoms with E-state index in [0.717, 1.165) is 5.92 Å². The lowest BCUT2D eigenvalue weighted by Gasteiger charge is -2.22. The first-order valence-electron chi connectivity index (χ1n) is 6.52. The Morgan fingerprint density at radius 1 is 1.00 bits per heavy atom. The highest BCUT2D eigenvalue weighted by Gasteiger charge is 2.14. The van der Waals surface area contributed by atoms with Gasteiger partial charge in [-0.2, -0.15) is 0 Å². The van der Waals surface area contributed by atoms with Crippen LogP contribution in [0.25, 0.3) is 0 Å². The molecule has 0 nitrogen and oxygen atoms in total. The second kappa shape index (κ2) is 12.7. The molecule has 1 fully saturated rings. The fourth-order valence-electron chi connectivity index (χ4n) is 1.80. The van der Waals surface area contributed by atoms with Gasteiger partial charge in [0.1, 0.15) is 0 Å². The summed E-state index contributed by atoms with van der Waals surface area (Å²) in [5.41, 5.74) is 1.49. The standard InChI is InChI=1S/C10H18.2C2H6/c1-3-9(2)10-7-5-4-6-8-10;2*1-2/h10H,2-8H2,1H3;2*1-2H3. The van der Waals surface area contributed by atoms with Crippen molar-refractivity contribution < 1.29 is 0 Å². The normalized spacial score (nSPS) is 15.8. The topological polar surface area (TPSA) is 0 Å². The van der Waals surface area contributed by atoms with E-state index in [1.54, 1.807) is 0 Å². The highest BCUT2D eigenvalue weighted by atomic mass is 14.2. The fourth-order valence-corrected chi connectivity index (χ4v) is 1.80. The summed E-state index contributed by atoms with van der Waals surface area (Å²) in [5.74, 6) is 0.874.